The monoisotopic (exact) mass is 475 g/mol. The summed E-state index contributed by atoms with van der Waals surface area (Å²) in [5.41, 5.74) is 0. The molecule has 0 saturated carbocycles. The van der Waals surface area contributed by atoms with Gasteiger partial charge in [0.1, 0.15) is 0 Å². The van der Waals surface area contributed by atoms with Crippen molar-refractivity contribution >= 4 is 48.3 Å². The number of halogens is 3. The van der Waals surface area contributed by atoms with Gasteiger partial charge in [0, 0.05) is 0 Å². The molecule has 0 N–H and O–H groups in total. The fourth-order valence-electron chi connectivity index (χ4n) is 1.16. The van der Waals surface area contributed by atoms with Crippen LogP contribution in [0.15, 0.2) is 48.7 Å². The van der Waals surface area contributed by atoms with Crippen molar-refractivity contribution in [3.8, 4) is 0 Å². The quantitative estimate of drug-likeness (QED) is 0.374. The molecule has 16 heavy (non-hydrogen) atoms. The molecule has 2 rings (SSSR count). The van der Waals surface area contributed by atoms with Gasteiger partial charge in [0.05, 0.1) is 0 Å². The Kier molecular flexibility index (Phi) is 5.10. The van der Waals surface area contributed by atoms with Gasteiger partial charge in [-0.25, -0.2) is 0 Å². The molecule has 0 saturated heterocycles. The maximum absolute atomic E-state index is 5.87. The number of hydrogen-bond acceptors (Lipinski definition) is 0. The van der Waals surface area contributed by atoms with Crippen molar-refractivity contribution in [2.75, 3.05) is 0 Å². The molecule has 0 aliphatic carbocycles. The van der Waals surface area contributed by atoms with Crippen molar-refractivity contribution in [1.82, 2.24) is 0 Å². The van der Waals surface area contributed by atoms with Gasteiger partial charge in [-0.15, -0.1) is 0 Å². The van der Waals surface area contributed by atoms with Crippen LogP contribution >= 0.6 is 24.3 Å². The second kappa shape index (κ2) is 6.36. The van der Waals surface area contributed by atoms with Gasteiger partial charge < -0.3 is 0 Å². The molecule has 1 nitrogen and oxygen atoms in total. The van der Waals surface area contributed by atoms with Crippen LogP contribution in [0, 0.1) is 0 Å². The van der Waals surface area contributed by atoms with Gasteiger partial charge in [-0.3, -0.25) is 0 Å². The molecule has 0 aliphatic heterocycles. The molecule has 2 aromatic rings. The van der Waals surface area contributed by atoms with Crippen molar-refractivity contribution in [3.05, 3.63) is 53.7 Å². The van der Waals surface area contributed by atoms with Crippen molar-refractivity contribution in [3.63, 3.8) is 0 Å². The molecule has 0 radical (unpaired) electrons. The number of pyridine rings is 1. The summed E-state index contributed by atoms with van der Waals surface area (Å²) in [5, 5.41) is 0.799. The molecule has 0 unspecified atom stereocenters. The van der Waals surface area contributed by atoms with Crippen LogP contribution in [0.2, 0.25) is 5.02 Å². The van der Waals surface area contributed by atoms with Crippen molar-refractivity contribution in [2.45, 2.75) is 0 Å². The molecule has 1 aromatic heterocycles. The van der Waals surface area contributed by atoms with Gasteiger partial charge in [0.2, 0.25) is 0 Å². The molecular weight excluding hydrogens is 467 g/mol. The van der Waals surface area contributed by atoms with Gasteiger partial charge in [-0.1, -0.05) is 0 Å². The molecule has 1 aromatic carbocycles. The first-order chi connectivity index (χ1) is 7.79. The van der Waals surface area contributed by atoms with E-state index in [1.54, 1.807) is 0 Å². The summed E-state index contributed by atoms with van der Waals surface area (Å²) in [6.45, 7) is 0. The Morgan fingerprint density at radius 3 is 2.56 bits per heavy atom. The topological polar surface area (TPSA) is 3.88 Å². The molecule has 0 aliphatic rings. The number of benzene rings is 1. The van der Waals surface area contributed by atoms with Crippen molar-refractivity contribution in [2.24, 2.45) is 0 Å². The first-order valence-corrected chi connectivity index (χ1v) is 12.4. The fraction of sp³-hybridized carbons (Fsp3) is 0. The third-order valence-corrected chi connectivity index (χ3v) is 8.24. The van der Waals surface area contributed by atoms with Gasteiger partial charge in [0.15, 0.2) is 0 Å². The van der Waals surface area contributed by atoms with Crippen LogP contribution in [-0.4, -0.2) is 15.0 Å². The number of aromatic nitrogens is 1. The van der Waals surface area contributed by atoms with Crippen LogP contribution in [0.1, 0.15) is 0 Å². The third kappa shape index (κ3) is 3.44. The Morgan fingerprint density at radius 1 is 1.12 bits per heavy atom. The van der Waals surface area contributed by atoms with E-state index in [0.29, 0.717) is 15.0 Å². The molecule has 0 amide bonds. The molecule has 0 spiro atoms. The summed E-state index contributed by atoms with van der Waals surface area (Å²) < 4.78 is 5.05. The summed E-state index contributed by atoms with van der Waals surface area (Å²) >= 11 is 9.72. The maximum atomic E-state index is 5.87. The Balaban J connectivity index is 2.23. The normalized spacial score (nSPS) is 10.6. The van der Waals surface area contributed by atoms with E-state index < -0.39 is 0 Å². The molecular formula is C11H8BrClINSe. The Labute approximate surface area is 123 Å². The SMILES string of the molecule is Clc1ccc([Se]c2cccc[n+]2[I-]Br)cc1. The predicted molar refractivity (Wildman–Crippen MR) is 67.4 cm³/mol. The average Bonchev–Trinajstić information content (AvgIpc) is 2.33. The van der Waals surface area contributed by atoms with Gasteiger partial charge in [0.25, 0.3) is 0 Å². The second-order valence-corrected chi connectivity index (χ2v) is 8.90. The zero-order chi connectivity index (χ0) is 11.4. The Bertz CT molecular complexity index is 478. The van der Waals surface area contributed by atoms with E-state index in [9.17, 15) is 0 Å². The zero-order valence-corrected chi connectivity index (χ0v) is 14.3. The summed E-state index contributed by atoms with van der Waals surface area (Å²) in [7, 11) is 0. The minimum absolute atomic E-state index is 0.0983. The summed E-state index contributed by atoms with van der Waals surface area (Å²) in [5.74, 6) is 0. The summed E-state index contributed by atoms with van der Waals surface area (Å²) in [6.07, 6.45) is 2.13. The van der Waals surface area contributed by atoms with Gasteiger partial charge >= 0.3 is 124 Å². The second-order valence-electron chi connectivity index (χ2n) is 2.97. The fourth-order valence-corrected chi connectivity index (χ4v) is 7.54. The van der Waals surface area contributed by atoms with Gasteiger partial charge in [-0.05, 0) is 0 Å². The minimum atomic E-state index is -0.0983. The van der Waals surface area contributed by atoms with Crippen LogP contribution in [0.4, 0.5) is 0 Å². The van der Waals surface area contributed by atoms with E-state index in [2.05, 4.69) is 52.0 Å². The van der Waals surface area contributed by atoms with Crippen LogP contribution in [-0.2, 0) is 0 Å². The molecule has 84 valence electrons. The standard InChI is InChI=1S/C11H8BrClINSe/c12-14-15-8-2-1-3-11(15)16-10-6-4-9(13)5-7-10/h1-8H. The Hall–Kier alpha value is 0.389. The van der Waals surface area contributed by atoms with E-state index in [0.717, 1.165) is 5.02 Å². The van der Waals surface area contributed by atoms with Gasteiger partial charge in [-0.2, -0.15) is 0 Å². The summed E-state index contributed by atoms with van der Waals surface area (Å²) in [6, 6.07) is 14.5. The van der Waals surface area contributed by atoms with E-state index in [1.807, 2.05) is 12.1 Å². The van der Waals surface area contributed by atoms with Crippen molar-refractivity contribution < 1.29 is 22.0 Å². The number of rotatable bonds is 3. The molecule has 0 atom stereocenters. The van der Waals surface area contributed by atoms with Crippen molar-refractivity contribution in [1.29, 1.82) is 0 Å². The molecule has 1 heterocycles. The van der Waals surface area contributed by atoms with E-state index in [4.69, 9.17) is 11.6 Å². The van der Waals surface area contributed by atoms with E-state index in [-0.39, 0.29) is 19.3 Å². The first kappa shape index (κ1) is 12.8. The third-order valence-electron chi connectivity index (χ3n) is 1.88. The summed E-state index contributed by atoms with van der Waals surface area (Å²) in [4.78, 5) is 0. The van der Waals surface area contributed by atoms with E-state index >= 15 is 0 Å². The average molecular weight is 475 g/mol. The Morgan fingerprint density at radius 2 is 1.88 bits per heavy atom. The molecule has 0 bridgehead atoms. The number of nitrogens with zero attached hydrogens (tertiary/aromatic N) is 1. The first-order valence-electron chi connectivity index (χ1n) is 4.50. The van der Waals surface area contributed by atoms with E-state index in [1.165, 1.54) is 9.05 Å². The van der Waals surface area contributed by atoms with Crippen LogP contribution < -0.4 is 31.1 Å². The van der Waals surface area contributed by atoms with Crippen LogP contribution in [0.3, 0.4) is 0 Å². The number of hydrogen-bond donors (Lipinski definition) is 0. The predicted octanol–water partition coefficient (Wildman–Crippen LogP) is -1.56. The zero-order valence-electron chi connectivity index (χ0n) is 8.11. The van der Waals surface area contributed by atoms with Crippen LogP contribution in [0.5, 0.6) is 0 Å². The molecule has 0 fully saturated rings. The van der Waals surface area contributed by atoms with Crippen LogP contribution in [0.25, 0.3) is 0 Å². The molecule has 5 heteroatoms.